The molecule has 0 bridgehead atoms. The molecule has 0 radical (unpaired) electrons. The number of nitrogens with zero attached hydrogens (tertiary/aromatic N) is 1. The number of nitrogens with two attached hydrogens (primary N) is 1. The summed E-state index contributed by atoms with van der Waals surface area (Å²) in [5.74, 6) is 1.01. The third kappa shape index (κ3) is 5.71. The number of hydrogen-bond acceptors (Lipinski definition) is 3. The summed E-state index contributed by atoms with van der Waals surface area (Å²) >= 11 is 4.96. The third-order valence-electron chi connectivity index (χ3n) is 3.50. The highest BCUT2D eigenvalue weighted by atomic mass is 32.1. The minimum absolute atomic E-state index is 0.0462. The number of carbonyl (C=O) groups is 1. The first kappa shape index (κ1) is 17.4. The zero-order valence-corrected chi connectivity index (χ0v) is 13.8. The topological polar surface area (TPSA) is 55.6 Å². The maximum atomic E-state index is 12.2. The second-order valence-electron chi connectivity index (χ2n) is 5.08. The van der Waals surface area contributed by atoms with Crippen LogP contribution in [0.25, 0.3) is 0 Å². The van der Waals surface area contributed by atoms with E-state index in [1.807, 2.05) is 43.0 Å². The van der Waals surface area contributed by atoms with Gasteiger partial charge in [-0.2, -0.15) is 0 Å². The van der Waals surface area contributed by atoms with E-state index in [1.165, 1.54) is 0 Å². The molecule has 1 amide bonds. The van der Waals surface area contributed by atoms with Crippen molar-refractivity contribution in [2.75, 3.05) is 20.2 Å². The van der Waals surface area contributed by atoms with Crippen LogP contribution in [0.15, 0.2) is 24.3 Å². The average molecular weight is 308 g/mol. The van der Waals surface area contributed by atoms with Crippen LogP contribution in [0.3, 0.4) is 0 Å². The molecule has 1 aromatic carbocycles. The smallest absolute Gasteiger partial charge is 0.222 e. The summed E-state index contributed by atoms with van der Waals surface area (Å²) in [4.78, 5) is 14.5. The van der Waals surface area contributed by atoms with Crippen molar-refractivity contribution >= 4 is 23.1 Å². The van der Waals surface area contributed by atoms with Gasteiger partial charge < -0.3 is 15.4 Å². The molecule has 0 spiro atoms. The molecule has 5 heteroatoms. The maximum Gasteiger partial charge on any atom is 0.222 e. The van der Waals surface area contributed by atoms with E-state index >= 15 is 0 Å². The van der Waals surface area contributed by atoms with Gasteiger partial charge in [-0.3, -0.25) is 4.79 Å². The second kappa shape index (κ2) is 8.62. The Hall–Kier alpha value is -1.62. The van der Waals surface area contributed by atoms with Crippen molar-refractivity contribution in [3.8, 4) is 5.75 Å². The van der Waals surface area contributed by atoms with Crippen molar-refractivity contribution in [2.45, 2.75) is 26.7 Å². The minimum atomic E-state index is 0.0462. The van der Waals surface area contributed by atoms with Gasteiger partial charge in [-0.15, -0.1) is 0 Å². The highest BCUT2D eigenvalue weighted by Crippen LogP contribution is 2.13. The molecule has 4 nitrogen and oxygen atoms in total. The Bertz CT molecular complexity index is 474. The van der Waals surface area contributed by atoms with Gasteiger partial charge >= 0.3 is 0 Å². The van der Waals surface area contributed by atoms with Crippen LogP contribution in [0.4, 0.5) is 0 Å². The monoisotopic (exact) mass is 308 g/mol. The Morgan fingerprint density at radius 2 is 2.00 bits per heavy atom. The van der Waals surface area contributed by atoms with E-state index < -0.39 is 0 Å². The molecule has 1 rings (SSSR count). The molecular formula is C16H24N2O2S. The van der Waals surface area contributed by atoms with E-state index in [0.717, 1.165) is 17.7 Å². The van der Waals surface area contributed by atoms with Crippen LogP contribution in [0.2, 0.25) is 0 Å². The number of hydrogen-bond donors (Lipinski definition) is 1. The number of carbonyl (C=O) groups excluding carboxylic acids is 1. The number of methoxy groups -OCH3 is 1. The van der Waals surface area contributed by atoms with Crippen LogP contribution in [0, 0.1) is 5.92 Å². The predicted octanol–water partition coefficient (Wildman–Crippen LogP) is 2.40. The molecule has 0 aliphatic heterocycles. The first-order chi connectivity index (χ1) is 9.97. The van der Waals surface area contributed by atoms with Gasteiger partial charge in [-0.25, -0.2) is 0 Å². The average Bonchev–Trinajstić information content (AvgIpc) is 2.50. The molecule has 0 aliphatic rings. The molecule has 116 valence electrons. The first-order valence-corrected chi connectivity index (χ1v) is 7.58. The summed E-state index contributed by atoms with van der Waals surface area (Å²) < 4.78 is 5.12. The van der Waals surface area contributed by atoms with Gasteiger partial charge in [0, 0.05) is 25.4 Å². The summed E-state index contributed by atoms with van der Waals surface area (Å²) in [6, 6.07) is 7.79. The molecule has 1 atom stereocenters. The first-order valence-electron chi connectivity index (χ1n) is 7.18. The van der Waals surface area contributed by atoms with Crippen molar-refractivity contribution < 1.29 is 9.53 Å². The molecule has 0 saturated carbocycles. The van der Waals surface area contributed by atoms with Gasteiger partial charge in [0.15, 0.2) is 0 Å². The van der Waals surface area contributed by atoms with Crippen molar-refractivity contribution in [1.29, 1.82) is 0 Å². The SMILES string of the molecule is CCN(CC(C)C(N)=S)C(=O)CCc1ccc(OC)cc1. The molecule has 0 saturated heterocycles. The largest absolute Gasteiger partial charge is 0.497 e. The predicted molar refractivity (Wildman–Crippen MR) is 89.5 cm³/mol. The third-order valence-corrected chi connectivity index (χ3v) is 3.90. The van der Waals surface area contributed by atoms with E-state index in [2.05, 4.69) is 0 Å². The Balaban J connectivity index is 2.51. The highest BCUT2D eigenvalue weighted by Gasteiger charge is 2.16. The standard InChI is InChI=1S/C16H24N2O2S/c1-4-18(11-12(2)16(17)21)15(19)10-7-13-5-8-14(20-3)9-6-13/h5-6,8-9,12H,4,7,10-11H2,1-3H3,(H2,17,21). The van der Waals surface area contributed by atoms with Crippen LogP contribution >= 0.6 is 12.2 Å². The molecular weight excluding hydrogens is 284 g/mol. The Morgan fingerprint density at radius 3 is 2.48 bits per heavy atom. The van der Waals surface area contributed by atoms with Crippen molar-refractivity contribution in [1.82, 2.24) is 4.90 Å². The minimum Gasteiger partial charge on any atom is -0.497 e. The van der Waals surface area contributed by atoms with Gasteiger partial charge in [0.1, 0.15) is 5.75 Å². The van der Waals surface area contributed by atoms with Gasteiger partial charge in [0.25, 0.3) is 0 Å². The van der Waals surface area contributed by atoms with Crippen LogP contribution in [-0.4, -0.2) is 36.0 Å². The zero-order chi connectivity index (χ0) is 15.8. The molecule has 0 aromatic heterocycles. The van der Waals surface area contributed by atoms with Crippen LogP contribution in [-0.2, 0) is 11.2 Å². The molecule has 1 aromatic rings. The molecule has 0 heterocycles. The molecule has 2 N–H and O–H groups in total. The fourth-order valence-electron chi connectivity index (χ4n) is 2.03. The van der Waals surface area contributed by atoms with E-state index in [4.69, 9.17) is 22.7 Å². The van der Waals surface area contributed by atoms with Crippen LogP contribution in [0.5, 0.6) is 5.75 Å². The quantitative estimate of drug-likeness (QED) is 0.749. The molecule has 0 fully saturated rings. The Morgan fingerprint density at radius 1 is 1.38 bits per heavy atom. The number of thiocarbonyl (C=S) groups is 1. The summed E-state index contributed by atoms with van der Waals surface area (Å²) in [6.45, 7) is 5.18. The van der Waals surface area contributed by atoms with Crippen LogP contribution < -0.4 is 10.5 Å². The Kier molecular flexibility index (Phi) is 7.15. The summed E-state index contributed by atoms with van der Waals surface area (Å²) in [6.07, 6.45) is 1.21. The fourth-order valence-corrected chi connectivity index (χ4v) is 2.10. The lowest BCUT2D eigenvalue weighted by Crippen LogP contribution is -2.38. The van der Waals surface area contributed by atoms with E-state index in [1.54, 1.807) is 7.11 Å². The maximum absolute atomic E-state index is 12.2. The van der Waals surface area contributed by atoms with Gasteiger partial charge in [0.05, 0.1) is 12.1 Å². The lowest BCUT2D eigenvalue weighted by atomic mass is 10.1. The number of aryl methyl sites for hydroxylation is 1. The number of ether oxygens (including phenoxy) is 1. The fraction of sp³-hybridized carbons (Fsp3) is 0.500. The highest BCUT2D eigenvalue weighted by molar-refractivity contribution is 7.80. The van der Waals surface area contributed by atoms with Gasteiger partial charge in [-0.05, 0) is 31.0 Å². The number of rotatable bonds is 8. The van der Waals surface area contributed by atoms with Gasteiger partial charge in [-0.1, -0.05) is 31.3 Å². The van der Waals surface area contributed by atoms with Crippen LogP contribution in [0.1, 0.15) is 25.8 Å². The van der Waals surface area contributed by atoms with Crippen molar-refractivity contribution in [3.63, 3.8) is 0 Å². The Labute approximate surface area is 132 Å². The lowest BCUT2D eigenvalue weighted by Gasteiger charge is -2.24. The second-order valence-corrected chi connectivity index (χ2v) is 5.56. The van der Waals surface area contributed by atoms with E-state index in [9.17, 15) is 4.79 Å². The van der Waals surface area contributed by atoms with Crippen molar-refractivity contribution in [2.24, 2.45) is 11.7 Å². The zero-order valence-electron chi connectivity index (χ0n) is 13.0. The van der Waals surface area contributed by atoms with Crippen molar-refractivity contribution in [3.05, 3.63) is 29.8 Å². The molecule has 1 unspecified atom stereocenters. The normalized spacial score (nSPS) is 11.8. The summed E-state index contributed by atoms with van der Waals surface area (Å²) in [7, 11) is 1.64. The number of benzene rings is 1. The molecule has 21 heavy (non-hydrogen) atoms. The lowest BCUT2D eigenvalue weighted by molar-refractivity contribution is -0.131. The van der Waals surface area contributed by atoms with Gasteiger partial charge in [0.2, 0.25) is 5.91 Å². The molecule has 0 aliphatic carbocycles. The van der Waals surface area contributed by atoms with E-state index in [0.29, 0.717) is 24.5 Å². The summed E-state index contributed by atoms with van der Waals surface area (Å²) in [5, 5.41) is 0. The van der Waals surface area contributed by atoms with E-state index in [-0.39, 0.29) is 11.8 Å². The number of amides is 1. The summed E-state index contributed by atoms with van der Waals surface area (Å²) in [5.41, 5.74) is 6.74.